The third-order valence-corrected chi connectivity index (χ3v) is 3.03. The molecule has 1 N–H and O–H groups in total. The van der Waals surface area contributed by atoms with Crippen LogP contribution in [0.1, 0.15) is 5.56 Å². The van der Waals surface area contributed by atoms with E-state index in [1.165, 1.54) is 7.11 Å². The lowest BCUT2D eigenvalue weighted by Crippen LogP contribution is -2.38. The van der Waals surface area contributed by atoms with Gasteiger partial charge in [0.1, 0.15) is 6.04 Å². The maximum atomic E-state index is 11.5. The van der Waals surface area contributed by atoms with E-state index in [0.29, 0.717) is 12.8 Å². The Bertz CT molecular complexity index is 561. The zero-order chi connectivity index (χ0) is 14.4. The zero-order valence-electron chi connectivity index (χ0n) is 11.2. The normalized spacial score (nSPS) is 11.7. The molecular formula is C15H16N2O3. The Kier molecular flexibility index (Phi) is 4.55. The number of nitrogens with one attached hydrogen (secondary N) is 1. The van der Waals surface area contributed by atoms with E-state index in [4.69, 9.17) is 0 Å². The van der Waals surface area contributed by atoms with Crippen LogP contribution in [0.3, 0.4) is 0 Å². The van der Waals surface area contributed by atoms with Crippen LogP contribution in [0.4, 0.5) is 0 Å². The zero-order valence-corrected chi connectivity index (χ0v) is 11.2. The Balaban J connectivity index is 2.09. The monoisotopic (exact) mass is 272 g/mol. The molecule has 0 saturated carbocycles. The number of nitrogens with zero attached hydrogens (tertiary/aromatic N) is 1. The van der Waals surface area contributed by atoms with Gasteiger partial charge in [-0.05, 0) is 29.8 Å². The van der Waals surface area contributed by atoms with Crippen LogP contribution in [-0.2, 0) is 20.7 Å². The molecule has 0 fully saturated rings. The fraction of sp³-hybridized carbons (Fsp3) is 0.200. The Morgan fingerprint density at radius 2 is 1.95 bits per heavy atom. The number of hydrogen-bond acceptors (Lipinski definition) is 3. The molecule has 1 amide bonds. The number of benzene rings is 1. The van der Waals surface area contributed by atoms with Crippen LogP contribution in [0, 0.1) is 0 Å². The summed E-state index contributed by atoms with van der Waals surface area (Å²) in [5, 5.41) is 2.46. The lowest BCUT2D eigenvalue weighted by atomic mass is 10.1. The highest BCUT2D eigenvalue weighted by atomic mass is 16.5. The molecule has 1 atom stereocenters. The maximum absolute atomic E-state index is 11.5. The van der Waals surface area contributed by atoms with Crippen molar-refractivity contribution in [3.63, 3.8) is 0 Å². The second-order valence-electron chi connectivity index (χ2n) is 4.32. The number of carbonyl (C=O) groups excluding carboxylic acids is 2. The van der Waals surface area contributed by atoms with Gasteiger partial charge >= 0.3 is 5.97 Å². The van der Waals surface area contributed by atoms with Crippen LogP contribution in [-0.4, -0.2) is 30.1 Å². The lowest BCUT2D eigenvalue weighted by Gasteiger charge is -2.14. The topological polar surface area (TPSA) is 60.3 Å². The van der Waals surface area contributed by atoms with Crippen molar-refractivity contribution in [3.8, 4) is 5.69 Å². The van der Waals surface area contributed by atoms with Crippen LogP contribution in [0.2, 0.25) is 0 Å². The lowest BCUT2D eigenvalue weighted by molar-refractivity contribution is -0.144. The first-order valence-corrected chi connectivity index (χ1v) is 6.24. The molecule has 0 radical (unpaired) electrons. The highest BCUT2D eigenvalue weighted by Gasteiger charge is 2.18. The number of carbonyl (C=O) groups is 2. The first-order chi connectivity index (χ1) is 9.74. The predicted molar refractivity (Wildman–Crippen MR) is 74.5 cm³/mol. The molecule has 1 aromatic heterocycles. The minimum Gasteiger partial charge on any atom is -0.467 e. The number of aromatic nitrogens is 1. The van der Waals surface area contributed by atoms with Crippen molar-refractivity contribution in [2.45, 2.75) is 12.5 Å². The molecular weight excluding hydrogens is 256 g/mol. The fourth-order valence-corrected chi connectivity index (χ4v) is 1.98. The van der Waals surface area contributed by atoms with E-state index < -0.39 is 12.0 Å². The standard InChI is InChI=1S/C15H16N2O3/c1-20-15(19)14(16-11-18)10-12-4-6-13(7-5-12)17-8-2-3-9-17/h2-9,11,14H,10H2,1H3,(H,16,18)/t14-/m0/s1. The SMILES string of the molecule is COC(=O)[C@H](Cc1ccc(-n2cccc2)cc1)NC=O. The maximum Gasteiger partial charge on any atom is 0.328 e. The summed E-state index contributed by atoms with van der Waals surface area (Å²) in [5.74, 6) is -0.452. The van der Waals surface area contributed by atoms with E-state index in [0.717, 1.165) is 11.3 Å². The molecule has 0 saturated heterocycles. The second kappa shape index (κ2) is 6.56. The van der Waals surface area contributed by atoms with Gasteiger partial charge in [0, 0.05) is 24.5 Å². The van der Waals surface area contributed by atoms with Crippen LogP contribution in [0.15, 0.2) is 48.8 Å². The summed E-state index contributed by atoms with van der Waals surface area (Å²) in [4.78, 5) is 22.0. The average Bonchev–Trinajstić information content (AvgIpc) is 3.01. The Labute approximate surface area is 117 Å². The van der Waals surface area contributed by atoms with E-state index in [1.807, 2.05) is 53.4 Å². The van der Waals surface area contributed by atoms with Gasteiger partial charge in [0.15, 0.2) is 0 Å². The third kappa shape index (κ3) is 3.26. The van der Waals surface area contributed by atoms with E-state index >= 15 is 0 Å². The number of ether oxygens (including phenoxy) is 1. The third-order valence-electron chi connectivity index (χ3n) is 3.03. The van der Waals surface area contributed by atoms with Gasteiger partial charge in [0.05, 0.1) is 7.11 Å². The fourth-order valence-electron chi connectivity index (χ4n) is 1.98. The van der Waals surface area contributed by atoms with Gasteiger partial charge in [-0.1, -0.05) is 12.1 Å². The van der Waals surface area contributed by atoms with E-state index in [1.54, 1.807) is 0 Å². The van der Waals surface area contributed by atoms with Crippen molar-refractivity contribution in [3.05, 3.63) is 54.4 Å². The van der Waals surface area contributed by atoms with Gasteiger partial charge in [-0.15, -0.1) is 0 Å². The number of esters is 1. The van der Waals surface area contributed by atoms with E-state index in [2.05, 4.69) is 10.1 Å². The molecule has 1 aromatic carbocycles. The summed E-state index contributed by atoms with van der Waals surface area (Å²) in [6.07, 6.45) is 4.83. The first kappa shape index (κ1) is 13.9. The number of amides is 1. The molecule has 0 aliphatic rings. The minimum atomic E-state index is -0.657. The summed E-state index contributed by atoms with van der Waals surface area (Å²) in [7, 11) is 1.30. The number of hydrogen-bond donors (Lipinski definition) is 1. The van der Waals surface area contributed by atoms with Crippen LogP contribution >= 0.6 is 0 Å². The Hall–Kier alpha value is -2.56. The largest absolute Gasteiger partial charge is 0.467 e. The van der Waals surface area contributed by atoms with Crippen molar-refractivity contribution >= 4 is 12.4 Å². The van der Waals surface area contributed by atoms with E-state index in [9.17, 15) is 9.59 Å². The molecule has 5 heteroatoms. The van der Waals surface area contributed by atoms with Gasteiger partial charge in [0.25, 0.3) is 0 Å². The molecule has 0 aliphatic carbocycles. The predicted octanol–water partition coefficient (Wildman–Crippen LogP) is 1.31. The highest BCUT2D eigenvalue weighted by Crippen LogP contribution is 2.11. The molecule has 20 heavy (non-hydrogen) atoms. The molecule has 0 bridgehead atoms. The molecule has 0 aliphatic heterocycles. The van der Waals surface area contributed by atoms with Crippen LogP contribution < -0.4 is 5.32 Å². The summed E-state index contributed by atoms with van der Waals surface area (Å²) < 4.78 is 6.65. The quantitative estimate of drug-likeness (QED) is 0.637. The Morgan fingerprint density at radius 1 is 1.30 bits per heavy atom. The highest BCUT2D eigenvalue weighted by molar-refractivity contribution is 5.78. The second-order valence-corrected chi connectivity index (χ2v) is 4.32. The molecule has 0 unspecified atom stereocenters. The summed E-state index contributed by atoms with van der Waals surface area (Å²) >= 11 is 0. The van der Waals surface area contributed by atoms with Crippen molar-refractivity contribution in [2.75, 3.05) is 7.11 Å². The van der Waals surface area contributed by atoms with Gasteiger partial charge in [-0.3, -0.25) is 4.79 Å². The Morgan fingerprint density at radius 3 is 2.50 bits per heavy atom. The van der Waals surface area contributed by atoms with Gasteiger partial charge < -0.3 is 14.6 Å². The molecule has 1 heterocycles. The summed E-state index contributed by atoms with van der Waals surface area (Å²) in [5.41, 5.74) is 1.99. The van der Waals surface area contributed by atoms with Gasteiger partial charge in [-0.25, -0.2) is 4.79 Å². The molecule has 2 rings (SSSR count). The smallest absolute Gasteiger partial charge is 0.328 e. The van der Waals surface area contributed by atoms with Crippen LogP contribution in [0.5, 0.6) is 0 Å². The van der Waals surface area contributed by atoms with Crippen molar-refractivity contribution < 1.29 is 14.3 Å². The minimum absolute atomic E-state index is 0.400. The van der Waals surface area contributed by atoms with Gasteiger partial charge in [-0.2, -0.15) is 0 Å². The van der Waals surface area contributed by atoms with Crippen LogP contribution in [0.25, 0.3) is 5.69 Å². The number of rotatable bonds is 6. The molecule has 2 aromatic rings. The first-order valence-electron chi connectivity index (χ1n) is 6.24. The molecule has 104 valence electrons. The van der Waals surface area contributed by atoms with E-state index in [-0.39, 0.29) is 0 Å². The average molecular weight is 272 g/mol. The summed E-state index contributed by atoms with van der Waals surface area (Å²) in [6.45, 7) is 0. The molecule has 0 spiro atoms. The van der Waals surface area contributed by atoms with Crippen molar-refractivity contribution in [1.29, 1.82) is 0 Å². The van der Waals surface area contributed by atoms with Gasteiger partial charge in [0.2, 0.25) is 6.41 Å². The number of methoxy groups -OCH3 is 1. The summed E-state index contributed by atoms with van der Waals surface area (Å²) in [6, 6.07) is 11.0. The van der Waals surface area contributed by atoms with Crippen molar-refractivity contribution in [2.24, 2.45) is 0 Å². The molecule has 5 nitrogen and oxygen atoms in total. The van der Waals surface area contributed by atoms with Crippen molar-refractivity contribution in [1.82, 2.24) is 9.88 Å².